The van der Waals surface area contributed by atoms with Crippen molar-refractivity contribution >= 4 is 30.7 Å². The van der Waals surface area contributed by atoms with E-state index >= 15 is 0 Å². The van der Waals surface area contributed by atoms with Crippen molar-refractivity contribution in [2.24, 2.45) is 23.5 Å². The highest BCUT2D eigenvalue weighted by atomic mass is 35.5. The van der Waals surface area contributed by atoms with Crippen LogP contribution in [0.5, 0.6) is 0 Å². The molecule has 0 bridgehead atoms. The van der Waals surface area contributed by atoms with Crippen molar-refractivity contribution < 1.29 is 4.79 Å². The maximum absolute atomic E-state index is 12.8. The van der Waals surface area contributed by atoms with Crippen molar-refractivity contribution in [3.8, 4) is 0 Å². The minimum atomic E-state index is 0. The van der Waals surface area contributed by atoms with Gasteiger partial charge in [-0.25, -0.2) is 0 Å². The Bertz CT molecular complexity index is 550. The first-order valence-corrected chi connectivity index (χ1v) is 9.88. The lowest BCUT2D eigenvalue weighted by atomic mass is 9.91. The number of nitrogens with two attached hydrogens (primary N) is 1. The maximum Gasteiger partial charge on any atom is 0.226 e. The second-order valence-corrected chi connectivity index (χ2v) is 7.98. The fraction of sp³-hybridized carbons (Fsp3) is 0.667. The number of likely N-dealkylation sites (tertiary alicyclic amines) is 1. The molecule has 1 aliphatic carbocycles. The highest BCUT2D eigenvalue weighted by Crippen LogP contribution is 2.33. The molecule has 2 aliphatic rings. The summed E-state index contributed by atoms with van der Waals surface area (Å²) in [5, 5.41) is 0. The van der Waals surface area contributed by atoms with Gasteiger partial charge in [0.1, 0.15) is 0 Å². The topological polar surface area (TPSA) is 49.6 Å². The molecule has 27 heavy (non-hydrogen) atoms. The average Bonchev–Trinajstić information content (AvgIpc) is 3.11. The molecule has 3 rings (SSSR count). The second kappa shape index (κ2) is 11.9. The summed E-state index contributed by atoms with van der Waals surface area (Å²) in [6, 6.07) is 10.6. The molecule has 0 aromatic heterocycles. The molecule has 0 radical (unpaired) electrons. The molecule has 1 aromatic rings. The van der Waals surface area contributed by atoms with Crippen LogP contribution in [0.4, 0.5) is 0 Å². The molecule has 1 saturated heterocycles. The summed E-state index contributed by atoms with van der Waals surface area (Å²) in [6.45, 7) is 4.64. The van der Waals surface area contributed by atoms with E-state index in [1.54, 1.807) is 0 Å². The Hall–Kier alpha value is -0.810. The first kappa shape index (κ1) is 24.2. The Balaban J connectivity index is 0.00000182. The SMILES string of the molecule is CN(Cc1ccccc1)CC1CCN(C(=O)[C@@H]2CCC[C@@H]2CN)CC1.Cl.Cl. The van der Waals surface area contributed by atoms with E-state index in [0.29, 0.717) is 24.3 Å². The number of carbonyl (C=O) groups is 1. The molecule has 0 unspecified atom stereocenters. The fourth-order valence-electron chi connectivity index (χ4n) is 4.61. The van der Waals surface area contributed by atoms with Crippen LogP contribution in [0, 0.1) is 17.8 Å². The normalized spacial score (nSPS) is 23.0. The van der Waals surface area contributed by atoms with Gasteiger partial charge in [-0.2, -0.15) is 0 Å². The molecule has 0 spiro atoms. The van der Waals surface area contributed by atoms with Crippen molar-refractivity contribution in [2.45, 2.75) is 38.6 Å². The van der Waals surface area contributed by atoms with Gasteiger partial charge in [-0.1, -0.05) is 36.8 Å². The van der Waals surface area contributed by atoms with Crippen molar-refractivity contribution in [3.05, 3.63) is 35.9 Å². The van der Waals surface area contributed by atoms with E-state index in [0.717, 1.165) is 51.9 Å². The van der Waals surface area contributed by atoms with Gasteiger partial charge in [-0.15, -0.1) is 24.8 Å². The predicted molar refractivity (Wildman–Crippen MR) is 116 cm³/mol. The summed E-state index contributed by atoms with van der Waals surface area (Å²) in [4.78, 5) is 17.3. The number of carbonyl (C=O) groups excluding carboxylic acids is 1. The molecule has 4 nitrogen and oxygen atoms in total. The Morgan fingerprint density at radius 2 is 1.78 bits per heavy atom. The summed E-state index contributed by atoms with van der Waals surface area (Å²) in [5.74, 6) is 1.69. The van der Waals surface area contributed by atoms with E-state index in [9.17, 15) is 4.79 Å². The van der Waals surface area contributed by atoms with Crippen LogP contribution >= 0.6 is 24.8 Å². The number of hydrogen-bond donors (Lipinski definition) is 1. The molecule has 6 heteroatoms. The fourth-order valence-corrected chi connectivity index (χ4v) is 4.61. The molecule has 1 aromatic carbocycles. The van der Waals surface area contributed by atoms with Crippen LogP contribution in [0.15, 0.2) is 30.3 Å². The Morgan fingerprint density at radius 3 is 2.41 bits per heavy atom. The van der Waals surface area contributed by atoms with Crippen LogP contribution in [0.3, 0.4) is 0 Å². The zero-order valence-electron chi connectivity index (χ0n) is 16.4. The standard InChI is InChI=1S/C21H33N3O.2ClH/c1-23(15-17-6-3-2-4-7-17)16-18-10-12-24(13-11-18)21(25)20-9-5-8-19(20)14-22;;/h2-4,6-7,18-20H,5,8-16,22H2,1H3;2*1H/t19-,20-;;/m1../s1. The van der Waals surface area contributed by atoms with Crippen LogP contribution in [-0.4, -0.2) is 48.9 Å². The lowest BCUT2D eigenvalue weighted by molar-refractivity contribution is -0.138. The summed E-state index contributed by atoms with van der Waals surface area (Å²) in [7, 11) is 2.20. The number of amides is 1. The van der Waals surface area contributed by atoms with E-state index in [1.807, 2.05) is 0 Å². The van der Waals surface area contributed by atoms with Crippen LogP contribution in [0.1, 0.15) is 37.7 Å². The van der Waals surface area contributed by atoms with Gasteiger partial charge >= 0.3 is 0 Å². The van der Waals surface area contributed by atoms with Crippen LogP contribution in [0.2, 0.25) is 0 Å². The largest absolute Gasteiger partial charge is 0.342 e. The minimum absolute atomic E-state index is 0. The Morgan fingerprint density at radius 1 is 1.11 bits per heavy atom. The first-order valence-electron chi connectivity index (χ1n) is 9.88. The van der Waals surface area contributed by atoms with Gasteiger partial charge in [0.25, 0.3) is 0 Å². The van der Waals surface area contributed by atoms with Crippen molar-refractivity contribution in [3.63, 3.8) is 0 Å². The molecule has 1 saturated carbocycles. The Kier molecular flexibility index (Phi) is 10.7. The molecular weight excluding hydrogens is 381 g/mol. The lowest BCUT2D eigenvalue weighted by Gasteiger charge is -2.36. The summed E-state index contributed by atoms with van der Waals surface area (Å²) < 4.78 is 0. The Labute approximate surface area is 176 Å². The van der Waals surface area contributed by atoms with E-state index in [2.05, 4.69) is 47.2 Å². The van der Waals surface area contributed by atoms with Gasteiger partial charge < -0.3 is 15.5 Å². The molecular formula is C21H35Cl2N3O. The van der Waals surface area contributed by atoms with E-state index < -0.39 is 0 Å². The number of halogens is 2. The third-order valence-corrected chi connectivity index (χ3v) is 6.07. The highest BCUT2D eigenvalue weighted by molar-refractivity contribution is 5.85. The smallest absolute Gasteiger partial charge is 0.226 e. The van der Waals surface area contributed by atoms with Gasteiger partial charge in [-0.3, -0.25) is 4.79 Å². The maximum atomic E-state index is 12.8. The van der Waals surface area contributed by atoms with Crippen LogP contribution in [-0.2, 0) is 11.3 Å². The molecule has 1 heterocycles. The van der Waals surface area contributed by atoms with E-state index in [-0.39, 0.29) is 30.7 Å². The van der Waals surface area contributed by atoms with Gasteiger partial charge in [-0.05, 0) is 56.7 Å². The lowest BCUT2D eigenvalue weighted by Crippen LogP contribution is -2.44. The van der Waals surface area contributed by atoms with Crippen molar-refractivity contribution in [1.29, 1.82) is 0 Å². The number of piperidine rings is 1. The summed E-state index contributed by atoms with van der Waals surface area (Å²) in [6.07, 6.45) is 5.60. The number of benzene rings is 1. The number of nitrogens with zero attached hydrogens (tertiary/aromatic N) is 2. The second-order valence-electron chi connectivity index (χ2n) is 7.98. The summed E-state index contributed by atoms with van der Waals surface area (Å²) >= 11 is 0. The molecule has 2 atom stereocenters. The molecule has 1 amide bonds. The van der Waals surface area contributed by atoms with E-state index in [1.165, 1.54) is 12.0 Å². The molecule has 2 N–H and O–H groups in total. The highest BCUT2D eigenvalue weighted by Gasteiger charge is 2.35. The van der Waals surface area contributed by atoms with Gasteiger partial charge in [0.2, 0.25) is 5.91 Å². The predicted octanol–water partition coefficient (Wildman–Crippen LogP) is 3.58. The first-order chi connectivity index (χ1) is 12.2. The summed E-state index contributed by atoms with van der Waals surface area (Å²) in [5.41, 5.74) is 7.22. The molecule has 154 valence electrons. The zero-order chi connectivity index (χ0) is 17.6. The number of hydrogen-bond acceptors (Lipinski definition) is 3. The van der Waals surface area contributed by atoms with Crippen molar-refractivity contribution in [2.75, 3.05) is 33.2 Å². The third kappa shape index (κ3) is 6.63. The quantitative estimate of drug-likeness (QED) is 0.771. The monoisotopic (exact) mass is 415 g/mol. The number of rotatable bonds is 6. The third-order valence-electron chi connectivity index (χ3n) is 6.07. The van der Waals surface area contributed by atoms with E-state index in [4.69, 9.17) is 5.73 Å². The van der Waals surface area contributed by atoms with Crippen LogP contribution < -0.4 is 5.73 Å². The molecule has 2 fully saturated rings. The van der Waals surface area contributed by atoms with Gasteiger partial charge in [0, 0.05) is 32.1 Å². The van der Waals surface area contributed by atoms with Crippen LogP contribution in [0.25, 0.3) is 0 Å². The zero-order valence-corrected chi connectivity index (χ0v) is 18.0. The van der Waals surface area contributed by atoms with Crippen molar-refractivity contribution in [1.82, 2.24) is 9.80 Å². The minimum Gasteiger partial charge on any atom is -0.342 e. The van der Waals surface area contributed by atoms with Gasteiger partial charge in [0.05, 0.1) is 0 Å². The average molecular weight is 416 g/mol. The van der Waals surface area contributed by atoms with Gasteiger partial charge in [0.15, 0.2) is 0 Å². The molecule has 1 aliphatic heterocycles.